The largest absolute Gasteiger partial charge is 0.461 e. The highest BCUT2D eigenvalue weighted by atomic mass is 16.3. The fraction of sp³-hybridized carbons (Fsp3) is 0.265. The molecule has 0 aliphatic carbocycles. The smallest absolute Gasteiger partial charge is 0.227 e. The van der Waals surface area contributed by atoms with Crippen molar-refractivity contribution in [2.45, 2.75) is 53.4 Å². The van der Waals surface area contributed by atoms with Crippen LogP contribution in [0.3, 0.4) is 0 Å². The Labute approximate surface area is 218 Å². The molecule has 6 aromatic rings. The van der Waals surface area contributed by atoms with E-state index in [1.807, 2.05) is 6.07 Å². The van der Waals surface area contributed by atoms with E-state index in [0.717, 1.165) is 45.5 Å². The fourth-order valence-corrected chi connectivity index (χ4v) is 5.42. The van der Waals surface area contributed by atoms with E-state index >= 15 is 0 Å². The summed E-state index contributed by atoms with van der Waals surface area (Å²) in [6.07, 6.45) is 2.67. The average molecular weight is 488 g/mol. The van der Waals surface area contributed by atoms with Gasteiger partial charge in [0.15, 0.2) is 0 Å². The van der Waals surface area contributed by atoms with Crippen LogP contribution in [0.1, 0.15) is 51.5 Å². The lowest BCUT2D eigenvalue weighted by Gasteiger charge is -2.22. The van der Waals surface area contributed by atoms with Gasteiger partial charge in [0.2, 0.25) is 5.71 Å². The third-order valence-corrected chi connectivity index (χ3v) is 7.34. The van der Waals surface area contributed by atoms with E-state index in [-0.39, 0.29) is 5.41 Å². The lowest BCUT2D eigenvalue weighted by Crippen LogP contribution is -2.12. The van der Waals surface area contributed by atoms with Crippen molar-refractivity contribution in [3.63, 3.8) is 0 Å². The first-order chi connectivity index (χ1) is 17.7. The second-order valence-electron chi connectivity index (χ2n) is 11.6. The fourth-order valence-electron chi connectivity index (χ4n) is 5.42. The molecule has 6 rings (SSSR count). The molecule has 0 radical (unpaired) electrons. The molecule has 0 saturated heterocycles. The monoisotopic (exact) mass is 487 g/mol. The normalized spacial score (nSPS) is 12.4. The van der Waals surface area contributed by atoms with Gasteiger partial charge in [-0.25, -0.2) is 4.98 Å². The van der Waals surface area contributed by atoms with Gasteiger partial charge in [-0.15, -0.1) is 0 Å². The Kier molecular flexibility index (Phi) is 5.49. The molecule has 37 heavy (non-hydrogen) atoms. The zero-order chi connectivity index (χ0) is 25.9. The van der Waals surface area contributed by atoms with E-state index in [4.69, 9.17) is 13.8 Å². The summed E-state index contributed by atoms with van der Waals surface area (Å²) >= 11 is 0. The predicted octanol–water partition coefficient (Wildman–Crippen LogP) is 9.87. The molecule has 0 amide bonds. The second-order valence-corrected chi connectivity index (χ2v) is 11.6. The first-order valence-corrected chi connectivity index (χ1v) is 13.1. The maximum Gasteiger partial charge on any atom is 0.227 e. The van der Waals surface area contributed by atoms with E-state index in [1.165, 1.54) is 27.3 Å². The molecule has 0 atom stereocenters. The summed E-state index contributed by atoms with van der Waals surface area (Å²) < 4.78 is 12.1. The summed E-state index contributed by atoms with van der Waals surface area (Å²) in [6.45, 7) is 13.4. The minimum atomic E-state index is 0.00473. The van der Waals surface area contributed by atoms with Gasteiger partial charge in [-0.05, 0) is 87.7 Å². The maximum absolute atomic E-state index is 6.22. The van der Waals surface area contributed by atoms with Crippen LogP contribution in [0, 0.1) is 12.8 Å². The summed E-state index contributed by atoms with van der Waals surface area (Å²) in [5, 5.41) is 4.70. The summed E-state index contributed by atoms with van der Waals surface area (Å²) in [5.41, 5.74) is 8.42. The van der Waals surface area contributed by atoms with Crippen LogP contribution in [0.15, 0.2) is 81.8 Å². The van der Waals surface area contributed by atoms with Gasteiger partial charge >= 0.3 is 0 Å². The van der Waals surface area contributed by atoms with Crippen molar-refractivity contribution in [3.8, 4) is 22.4 Å². The maximum atomic E-state index is 6.22. The Hall–Kier alpha value is -3.85. The standard InChI is InChI=1S/C34H33NO2/c1-20(2)15-32-21(3)27-17-23(11-12-31(27)37-32)28-19-30(35-33-26(28)13-14-36-33)24-16-22-9-7-8-10-25(22)29(18-24)34(4,5)6/h7-14,16-20H,15H2,1-6H3. The Balaban J connectivity index is 1.55. The molecular formula is C34H33NO2. The highest BCUT2D eigenvalue weighted by Gasteiger charge is 2.20. The van der Waals surface area contributed by atoms with Crippen LogP contribution in [0.5, 0.6) is 0 Å². The Morgan fingerprint density at radius 3 is 2.43 bits per heavy atom. The molecule has 3 aromatic heterocycles. The first kappa shape index (κ1) is 23.5. The van der Waals surface area contributed by atoms with Crippen molar-refractivity contribution in [1.29, 1.82) is 0 Å². The van der Waals surface area contributed by atoms with E-state index in [1.54, 1.807) is 6.26 Å². The second kappa shape index (κ2) is 8.62. The van der Waals surface area contributed by atoms with E-state index in [9.17, 15) is 0 Å². The average Bonchev–Trinajstić information content (AvgIpc) is 3.46. The zero-order valence-corrected chi connectivity index (χ0v) is 22.5. The van der Waals surface area contributed by atoms with Crippen LogP contribution in [-0.2, 0) is 11.8 Å². The molecule has 3 nitrogen and oxygen atoms in total. The molecule has 0 saturated carbocycles. The number of aromatic nitrogens is 1. The van der Waals surface area contributed by atoms with Crippen molar-refractivity contribution in [3.05, 3.63) is 89.9 Å². The molecule has 3 heterocycles. The number of fused-ring (bicyclic) bond motifs is 3. The summed E-state index contributed by atoms with van der Waals surface area (Å²) in [5.74, 6) is 1.63. The van der Waals surface area contributed by atoms with Crippen LogP contribution in [0.25, 0.3) is 55.2 Å². The van der Waals surface area contributed by atoms with E-state index < -0.39 is 0 Å². The van der Waals surface area contributed by atoms with Crippen LogP contribution in [0.2, 0.25) is 0 Å². The number of hydrogen-bond donors (Lipinski definition) is 0. The summed E-state index contributed by atoms with van der Waals surface area (Å²) in [4.78, 5) is 4.95. The predicted molar refractivity (Wildman–Crippen MR) is 154 cm³/mol. The highest BCUT2D eigenvalue weighted by Crippen LogP contribution is 2.39. The Bertz CT molecular complexity index is 1780. The van der Waals surface area contributed by atoms with Gasteiger partial charge in [-0.1, -0.05) is 65.0 Å². The quantitative estimate of drug-likeness (QED) is 0.248. The van der Waals surface area contributed by atoms with E-state index in [2.05, 4.69) is 102 Å². The molecule has 0 aliphatic heterocycles. The molecule has 0 unspecified atom stereocenters. The van der Waals surface area contributed by atoms with Crippen molar-refractivity contribution in [2.75, 3.05) is 0 Å². The Morgan fingerprint density at radius 1 is 0.838 bits per heavy atom. The molecule has 0 N–H and O–H groups in total. The third kappa shape index (κ3) is 4.13. The number of rotatable bonds is 4. The lowest BCUT2D eigenvalue weighted by molar-refractivity contribution is 0.496. The van der Waals surface area contributed by atoms with Gasteiger partial charge in [-0.3, -0.25) is 0 Å². The lowest BCUT2D eigenvalue weighted by atomic mass is 9.82. The van der Waals surface area contributed by atoms with Gasteiger partial charge in [-0.2, -0.15) is 0 Å². The molecule has 0 bridgehead atoms. The first-order valence-electron chi connectivity index (χ1n) is 13.1. The number of nitrogens with zero attached hydrogens (tertiary/aromatic N) is 1. The molecule has 186 valence electrons. The van der Waals surface area contributed by atoms with Crippen molar-refractivity contribution in [2.24, 2.45) is 5.92 Å². The Morgan fingerprint density at radius 2 is 1.65 bits per heavy atom. The topological polar surface area (TPSA) is 39.2 Å². The molecular weight excluding hydrogens is 454 g/mol. The number of hydrogen-bond acceptors (Lipinski definition) is 3. The van der Waals surface area contributed by atoms with Gasteiger partial charge in [0, 0.05) is 22.8 Å². The van der Waals surface area contributed by atoms with Crippen LogP contribution >= 0.6 is 0 Å². The molecule has 0 fully saturated rings. The molecule has 3 aromatic carbocycles. The van der Waals surface area contributed by atoms with Gasteiger partial charge in [0.25, 0.3) is 0 Å². The summed E-state index contributed by atoms with van der Waals surface area (Å²) in [7, 11) is 0. The number of pyridine rings is 1. The van der Waals surface area contributed by atoms with Gasteiger partial charge in [0.05, 0.1) is 12.0 Å². The molecule has 0 aliphatic rings. The SMILES string of the molecule is Cc1c(CC(C)C)oc2ccc(-c3cc(-c4cc(C(C)(C)C)c5ccccc5c4)nc4occc34)cc12. The van der Waals surface area contributed by atoms with Crippen molar-refractivity contribution in [1.82, 2.24) is 4.98 Å². The van der Waals surface area contributed by atoms with Gasteiger partial charge in [0.1, 0.15) is 11.3 Å². The van der Waals surface area contributed by atoms with Gasteiger partial charge < -0.3 is 8.83 Å². The third-order valence-electron chi connectivity index (χ3n) is 7.34. The highest BCUT2D eigenvalue weighted by molar-refractivity contribution is 5.98. The van der Waals surface area contributed by atoms with E-state index in [0.29, 0.717) is 11.6 Å². The number of aryl methyl sites for hydroxylation is 1. The summed E-state index contributed by atoms with van der Waals surface area (Å²) in [6, 6.07) is 23.9. The minimum absolute atomic E-state index is 0.00473. The molecule has 0 spiro atoms. The molecule has 3 heteroatoms. The minimum Gasteiger partial charge on any atom is -0.461 e. The van der Waals surface area contributed by atoms with Crippen LogP contribution < -0.4 is 0 Å². The number of furan rings is 2. The zero-order valence-electron chi connectivity index (χ0n) is 22.5. The van der Waals surface area contributed by atoms with Crippen LogP contribution in [0.4, 0.5) is 0 Å². The van der Waals surface area contributed by atoms with Crippen LogP contribution in [-0.4, -0.2) is 4.98 Å². The van der Waals surface area contributed by atoms with Crippen molar-refractivity contribution >= 4 is 32.8 Å². The van der Waals surface area contributed by atoms with Crippen molar-refractivity contribution < 1.29 is 8.83 Å². The number of benzene rings is 3.